The molecule has 1 aliphatic rings. The quantitative estimate of drug-likeness (QED) is 0.262. The summed E-state index contributed by atoms with van der Waals surface area (Å²) in [5.41, 5.74) is 3.19. The fraction of sp³-hybridized carbons (Fsp3) is 0.185. The van der Waals surface area contributed by atoms with Crippen LogP contribution in [0.25, 0.3) is 11.5 Å². The second kappa shape index (κ2) is 12.0. The zero-order valence-corrected chi connectivity index (χ0v) is 23.3. The van der Waals surface area contributed by atoms with Crippen molar-refractivity contribution >= 4 is 62.5 Å². The van der Waals surface area contributed by atoms with Crippen LogP contribution in [0.3, 0.4) is 0 Å². The van der Waals surface area contributed by atoms with Crippen LogP contribution in [0.5, 0.6) is 0 Å². The largest absolute Gasteiger partial charge is 0.411 e. The number of carbonyl (C=O) groups excluding carboxylic acids is 2. The van der Waals surface area contributed by atoms with Crippen LogP contribution in [-0.4, -0.2) is 58.8 Å². The van der Waals surface area contributed by atoms with Crippen LogP contribution >= 0.6 is 39.3 Å². The van der Waals surface area contributed by atoms with Crippen molar-refractivity contribution in [2.45, 2.75) is 5.22 Å². The molecule has 5 rings (SSSR count). The number of halogens is 2. The van der Waals surface area contributed by atoms with E-state index >= 15 is 0 Å². The van der Waals surface area contributed by atoms with Gasteiger partial charge in [-0.15, -0.1) is 10.2 Å². The summed E-state index contributed by atoms with van der Waals surface area (Å²) in [4.78, 5) is 29.4. The molecule has 1 aromatic heterocycles. The number of hydrogen-bond donors (Lipinski definition) is 1. The third kappa shape index (κ3) is 6.38. The predicted octanol–water partition coefficient (Wildman–Crippen LogP) is 5.85. The summed E-state index contributed by atoms with van der Waals surface area (Å²) in [5.74, 6) is 0.374. The number of carbonyl (C=O) groups is 2. The molecule has 0 atom stereocenters. The smallest absolute Gasteiger partial charge is 0.277 e. The van der Waals surface area contributed by atoms with E-state index in [-0.39, 0.29) is 17.6 Å². The van der Waals surface area contributed by atoms with Crippen molar-refractivity contribution < 1.29 is 14.0 Å². The van der Waals surface area contributed by atoms with Gasteiger partial charge in [-0.3, -0.25) is 9.59 Å². The molecule has 0 radical (unpaired) electrons. The molecule has 8 nitrogen and oxygen atoms in total. The molecule has 1 saturated heterocycles. The van der Waals surface area contributed by atoms with Gasteiger partial charge in [0.1, 0.15) is 0 Å². The van der Waals surface area contributed by atoms with Gasteiger partial charge >= 0.3 is 0 Å². The van der Waals surface area contributed by atoms with Gasteiger partial charge < -0.3 is 19.5 Å². The van der Waals surface area contributed by atoms with E-state index in [9.17, 15) is 9.59 Å². The van der Waals surface area contributed by atoms with E-state index in [4.69, 9.17) is 16.0 Å². The minimum absolute atomic E-state index is 0.0368. The average Bonchev–Trinajstić information content (AvgIpc) is 3.42. The van der Waals surface area contributed by atoms with Crippen molar-refractivity contribution in [3.8, 4) is 11.5 Å². The first-order valence-corrected chi connectivity index (χ1v) is 14.0. The Morgan fingerprint density at radius 3 is 2.37 bits per heavy atom. The van der Waals surface area contributed by atoms with Crippen LogP contribution in [0.2, 0.25) is 5.02 Å². The van der Waals surface area contributed by atoms with Crippen LogP contribution < -0.4 is 10.2 Å². The number of thioether (sulfide) groups is 1. The maximum absolute atomic E-state index is 12.9. The maximum Gasteiger partial charge on any atom is 0.277 e. The maximum atomic E-state index is 12.9. The van der Waals surface area contributed by atoms with Crippen LogP contribution in [0.1, 0.15) is 10.4 Å². The van der Waals surface area contributed by atoms with Gasteiger partial charge in [0.15, 0.2) is 0 Å². The van der Waals surface area contributed by atoms with Crippen molar-refractivity contribution in [1.29, 1.82) is 0 Å². The molecule has 194 valence electrons. The van der Waals surface area contributed by atoms with Gasteiger partial charge in [0.05, 0.1) is 11.3 Å². The molecule has 38 heavy (non-hydrogen) atoms. The van der Waals surface area contributed by atoms with Gasteiger partial charge in [-0.1, -0.05) is 35.5 Å². The number of anilines is 2. The lowest BCUT2D eigenvalue weighted by Crippen LogP contribution is -2.48. The summed E-state index contributed by atoms with van der Waals surface area (Å²) in [6, 6.07) is 22.3. The van der Waals surface area contributed by atoms with Crippen LogP contribution in [0, 0.1) is 0 Å². The van der Waals surface area contributed by atoms with Crippen molar-refractivity contribution in [3.63, 3.8) is 0 Å². The highest BCUT2D eigenvalue weighted by molar-refractivity contribution is 9.10. The SMILES string of the molecule is O=C(CSc1nnc(-c2ccc(Cl)cc2)o1)Nc1ccc(N2CCN(C(=O)c3ccccc3Br)CC2)cc1. The number of aromatic nitrogens is 2. The number of piperazine rings is 1. The first-order chi connectivity index (χ1) is 18.5. The Morgan fingerprint density at radius 1 is 0.947 bits per heavy atom. The molecule has 2 heterocycles. The molecule has 0 aliphatic carbocycles. The topological polar surface area (TPSA) is 91.6 Å². The van der Waals surface area contributed by atoms with Crippen molar-refractivity contribution in [2.75, 3.05) is 42.1 Å². The fourth-order valence-corrected chi connectivity index (χ4v) is 5.17. The Hall–Kier alpha value is -3.34. The normalized spacial score (nSPS) is 13.4. The standard InChI is InChI=1S/C27H23BrClN5O3S/c28-23-4-2-1-3-22(23)26(36)34-15-13-33(14-16-34)21-11-9-20(10-12-21)30-24(35)17-38-27-32-31-25(37-27)18-5-7-19(29)8-6-18/h1-12H,13-17H2,(H,30,35). The lowest BCUT2D eigenvalue weighted by molar-refractivity contribution is -0.113. The number of benzene rings is 3. The second-order valence-electron chi connectivity index (χ2n) is 8.52. The first kappa shape index (κ1) is 26.3. The summed E-state index contributed by atoms with van der Waals surface area (Å²) in [7, 11) is 0. The zero-order valence-electron chi connectivity index (χ0n) is 20.1. The summed E-state index contributed by atoms with van der Waals surface area (Å²) in [6.07, 6.45) is 0. The number of nitrogens with zero attached hydrogens (tertiary/aromatic N) is 4. The molecule has 0 spiro atoms. The fourth-order valence-electron chi connectivity index (χ4n) is 4.03. The Labute approximate surface area is 237 Å². The molecular formula is C27H23BrClN5O3S. The summed E-state index contributed by atoms with van der Waals surface area (Å²) >= 11 is 10.5. The van der Waals surface area contributed by atoms with Gasteiger partial charge in [0.2, 0.25) is 11.8 Å². The predicted molar refractivity (Wildman–Crippen MR) is 153 cm³/mol. The third-order valence-electron chi connectivity index (χ3n) is 6.01. The van der Waals surface area contributed by atoms with E-state index in [1.807, 2.05) is 53.4 Å². The Kier molecular flexibility index (Phi) is 8.31. The first-order valence-electron chi connectivity index (χ1n) is 11.9. The van der Waals surface area contributed by atoms with E-state index in [0.717, 1.165) is 28.8 Å². The van der Waals surface area contributed by atoms with E-state index in [0.29, 0.717) is 40.5 Å². The summed E-state index contributed by atoms with van der Waals surface area (Å²) in [5, 5.41) is 11.9. The third-order valence-corrected chi connectivity index (χ3v) is 7.77. The van der Waals surface area contributed by atoms with Crippen LogP contribution in [0.15, 0.2) is 86.9 Å². The highest BCUT2D eigenvalue weighted by atomic mass is 79.9. The van der Waals surface area contributed by atoms with Crippen LogP contribution in [0.4, 0.5) is 11.4 Å². The van der Waals surface area contributed by atoms with Crippen molar-refractivity contribution in [3.05, 3.63) is 87.9 Å². The van der Waals surface area contributed by atoms with E-state index in [2.05, 4.69) is 36.3 Å². The van der Waals surface area contributed by atoms with Gasteiger partial charge in [-0.25, -0.2) is 0 Å². The Morgan fingerprint density at radius 2 is 1.66 bits per heavy atom. The van der Waals surface area contributed by atoms with Crippen molar-refractivity contribution in [2.24, 2.45) is 0 Å². The molecule has 2 amide bonds. The van der Waals surface area contributed by atoms with Gasteiger partial charge in [-0.05, 0) is 76.6 Å². The number of rotatable bonds is 7. The molecular weight excluding hydrogens is 590 g/mol. The molecule has 0 saturated carbocycles. The molecule has 1 aliphatic heterocycles. The second-order valence-corrected chi connectivity index (χ2v) is 10.7. The zero-order chi connectivity index (χ0) is 26.5. The molecule has 0 unspecified atom stereocenters. The summed E-state index contributed by atoms with van der Waals surface area (Å²) in [6.45, 7) is 2.76. The molecule has 0 bridgehead atoms. The highest BCUT2D eigenvalue weighted by Crippen LogP contribution is 2.25. The number of amides is 2. The molecule has 4 aromatic rings. The van der Waals surface area contributed by atoms with Crippen LogP contribution in [-0.2, 0) is 4.79 Å². The minimum Gasteiger partial charge on any atom is -0.411 e. The molecule has 1 fully saturated rings. The molecule has 11 heteroatoms. The number of nitrogens with one attached hydrogen (secondary N) is 1. The average molecular weight is 613 g/mol. The highest BCUT2D eigenvalue weighted by Gasteiger charge is 2.23. The van der Waals surface area contributed by atoms with E-state index in [1.54, 1.807) is 24.3 Å². The molecule has 3 aromatic carbocycles. The lowest BCUT2D eigenvalue weighted by atomic mass is 10.1. The monoisotopic (exact) mass is 611 g/mol. The van der Waals surface area contributed by atoms with E-state index < -0.39 is 0 Å². The number of hydrogen-bond acceptors (Lipinski definition) is 7. The van der Waals surface area contributed by atoms with E-state index in [1.165, 1.54) is 11.8 Å². The molecule has 1 N–H and O–H groups in total. The minimum atomic E-state index is -0.173. The Balaban J connectivity index is 1.09. The van der Waals surface area contributed by atoms with Gasteiger partial charge in [0, 0.05) is 52.6 Å². The van der Waals surface area contributed by atoms with Gasteiger partial charge in [0.25, 0.3) is 11.1 Å². The lowest BCUT2D eigenvalue weighted by Gasteiger charge is -2.36. The van der Waals surface area contributed by atoms with Gasteiger partial charge in [-0.2, -0.15) is 0 Å². The summed E-state index contributed by atoms with van der Waals surface area (Å²) < 4.78 is 6.44. The Bertz CT molecular complexity index is 1420. The van der Waals surface area contributed by atoms with Crippen molar-refractivity contribution in [1.82, 2.24) is 15.1 Å².